The van der Waals surface area contributed by atoms with Gasteiger partial charge in [0.15, 0.2) is 11.5 Å². The molecule has 0 fully saturated rings. The van der Waals surface area contributed by atoms with Gasteiger partial charge in [-0.1, -0.05) is 44.2 Å². The van der Waals surface area contributed by atoms with E-state index in [1.54, 1.807) is 12.1 Å². The van der Waals surface area contributed by atoms with Gasteiger partial charge in [0.1, 0.15) is 6.54 Å². The van der Waals surface area contributed by atoms with E-state index < -0.39 is 22.5 Å². The summed E-state index contributed by atoms with van der Waals surface area (Å²) in [7, 11) is -1.25. The molecule has 9 heteroatoms. The zero-order valence-corrected chi connectivity index (χ0v) is 22.8. The molecule has 0 aliphatic carbocycles. The van der Waals surface area contributed by atoms with E-state index in [1.807, 2.05) is 44.2 Å². The molecule has 3 rings (SSSR count). The fourth-order valence-corrected chi connectivity index (χ4v) is 5.25. The van der Waals surface area contributed by atoms with Crippen molar-refractivity contribution >= 4 is 27.8 Å². The quantitative estimate of drug-likeness (QED) is 0.304. The molecule has 3 aromatic carbocycles. The number of sulfonamides is 1. The molecule has 0 saturated heterocycles. The SMILES string of the molecule is COc1ccc(S(=O)(=O)N(CC(=O)N/N=C\c2ccc(C(C)C)cc2)c2cc(C)cc(C)c2)cc1OC. The van der Waals surface area contributed by atoms with Crippen LogP contribution in [0.1, 0.15) is 42.0 Å². The van der Waals surface area contributed by atoms with Crippen LogP contribution in [-0.4, -0.2) is 41.3 Å². The van der Waals surface area contributed by atoms with Gasteiger partial charge in [0.2, 0.25) is 0 Å². The van der Waals surface area contributed by atoms with Crippen LogP contribution < -0.4 is 19.2 Å². The van der Waals surface area contributed by atoms with Crippen molar-refractivity contribution in [3.63, 3.8) is 0 Å². The number of anilines is 1. The molecule has 0 spiro atoms. The summed E-state index contributed by atoms with van der Waals surface area (Å²) in [4.78, 5) is 12.8. The molecule has 0 bridgehead atoms. The average molecular weight is 524 g/mol. The molecule has 0 atom stereocenters. The van der Waals surface area contributed by atoms with Crippen LogP contribution in [-0.2, 0) is 14.8 Å². The number of benzene rings is 3. The normalized spacial score (nSPS) is 11.5. The van der Waals surface area contributed by atoms with Crippen molar-refractivity contribution in [2.45, 2.75) is 38.5 Å². The van der Waals surface area contributed by atoms with Crippen molar-refractivity contribution in [3.05, 3.63) is 82.9 Å². The van der Waals surface area contributed by atoms with Gasteiger partial charge in [0, 0.05) is 6.07 Å². The summed E-state index contributed by atoms with van der Waals surface area (Å²) in [5.74, 6) is 0.488. The fraction of sp³-hybridized carbons (Fsp3) is 0.286. The van der Waals surface area contributed by atoms with E-state index in [0.29, 0.717) is 17.4 Å². The summed E-state index contributed by atoms with van der Waals surface area (Å²) in [5.41, 5.74) is 6.56. The summed E-state index contributed by atoms with van der Waals surface area (Å²) in [6, 6.07) is 17.5. The third kappa shape index (κ3) is 6.89. The molecule has 1 amide bonds. The number of hydrogen-bond acceptors (Lipinski definition) is 6. The lowest BCUT2D eigenvalue weighted by atomic mass is 10.0. The maximum Gasteiger partial charge on any atom is 0.264 e. The van der Waals surface area contributed by atoms with Crippen LogP contribution in [0.5, 0.6) is 11.5 Å². The molecular formula is C28H33N3O5S. The van der Waals surface area contributed by atoms with Crippen molar-refractivity contribution < 1.29 is 22.7 Å². The minimum atomic E-state index is -4.15. The van der Waals surface area contributed by atoms with E-state index in [-0.39, 0.29) is 10.6 Å². The van der Waals surface area contributed by atoms with Gasteiger partial charge in [0.25, 0.3) is 15.9 Å². The fourth-order valence-electron chi connectivity index (χ4n) is 3.83. The van der Waals surface area contributed by atoms with Gasteiger partial charge in [-0.2, -0.15) is 5.10 Å². The number of rotatable bonds is 10. The van der Waals surface area contributed by atoms with Crippen LogP contribution in [0, 0.1) is 13.8 Å². The Kier molecular flexibility index (Phi) is 8.94. The lowest BCUT2D eigenvalue weighted by Gasteiger charge is -2.25. The van der Waals surface area contributed by atoms with E-state index in [2.05, 4.69) is 24.4 Å². The number of amides is 1. The number of carbonyl (C=O) groups excluding carboxylic acids is 1. The van der Waals surface area contributed by atoms with E-state index in [1.165, 1.54) is 44.2 Å². The molecule has 0 aliphatic heterocycles. The Morgan fingerprint density at radius 2 is 1.57 bits per heavy atom. The molecule has 8 nitrogen and oxygen atoms in total. The van der Waals surface area contributed by atoms with Gasteiger partial charge in [-0.15, -0.1) is 0 Å². The van der Waals surface area contributed by atoms with Crippen molar-refractivity contribution in [2.24, 2.45) is 5.10 Å². The first-order chi connectivity index (χ1) is 17.5. The molecule has 0 radical (unpaired) electrons. The standard InChI is InChI=1S/C28H33N3O5S/c1-19(2)23-9-7-22(8-10-23)17-29-30-28(32)18-31(24-14-20(3)13-21(4)15-24)37(33,34)25-11-12-26(35-5)27(16-25)36-6/h7-17,19H,18H2,1-6H3,(H,30,32)/b29-17-. The Bertz CT molecular complexity index is 1360. The molecular weight excluding hydrogens is 490 g/mol. The molecule has 0 saturated carbocycles. The first-order valence-corrected chi connectivity index (χ1v) is 13.2. The molecule has 1 N–H and O–H groups in total. The number of hydrazone groups is 1. The summed E-state index contributed by atoms with van der Waals surface area (Å²) in [6.07, 6.45) is 1.52. The van der Waals surface area contributed by atoms with Gasteiger partial charge in [-0.3, -0.25) is 9.10 Å². The second-order valence-corrected chi connectivity index (χ2v) is 10.9. The van der Waals surface area contributed by atoms with E-state index in [9.17, 15) is 13.2 Å². The largest absolute Gasteiger partial charge is 0.493 e. The summed E-state index contributed by atoms with van der Waals surface area (Å²) < 4.78 is 39.1. The van der Waals surface area contributed by atoms with E-state index in [0.717, 1.165) is 21.0 Å². The minimum absolute atomic E-state index is 0.0362. The maximum atomic E-state index is 13.8. The highest BCUT2D eigenvalue weighted by atomic mass is 32.2. The van der Waals surface area contributed by atoms with Crippen molar-refractivity contribution in [2.75, 3.05) is 25.1 Å². The molecule has 0 unspecified atom stereocenters. The van der Waals surface area contributed by atoms with Crippen LogP contribution in [0.4, 0.5) is 5.69 Å². The smallest absolute Gasteiger partial charge is 0.264 e. The number of nitrogens with one attached hydrogen (secondary N) is 1. The van der Waals surface area contributed by atoms with Crippen LogP contribution in [0.3, 0.4) is 0 Å². The minimum Gasteiger partial charge on any atom is -0.493 e. The second-order valence-electron chi connectivity index (χ2n) is 8.99. The highest BCUT2D eigenvalue weighted by Crippen LogP contribution is 2.32. The predicted molar refractivity (Wildman–Crippen MR) is 146 cm³/mol. The van der Waals surface area contributed by atoms with Crippen LogP contribution >= 0.6 is 0 Å². The van der Waals surface area contributed by atoms with E-state index >= 15 is 0 Å². The lowest BCUT2D eigenvalue weighted by Crippen LogP contribution is -2.39. The average Bonchev–Trinajstić information content (AvgIpc) is 2.86. The predicted octanol–water partition coefficient (Wildman–Crippen LogP) is 4.79. The topological polar surface area (TPSA) is 97.3 Å². The van der Waals surface area contributed by atoms with Gasteiger partial charge in [-0.05, 0) is 66.3 Å². The van der Waals surface area contributed by atoms with Gasteiger partial charge in [-0.25, -0.2) is 13.8 Å². The maximum absolute atomic E-state index is 13.8. The Morgan fingerprint density at radius 1 is 0.946 bits per heavy atom. The monoisotopic (exact) mass is 523 g/mol. The van der Waals surface area contributed by atoms with Crippen LogP contribution in [0.15, 0.2) is 70.7 Å². The number of ether oxygens (including phenoxy) is 2. The second kappa shape index (κ2) is 11.9. The lowest BCUT2D eigenvalue weighted by molar-refractivity contribution is -0.119. The van der Waals surface area contributed by atoms with Crippen LogP contribution in [0.25, 0.3) is 0 Å². The van der Waals surface area contributed by atoms with Crippen molar-refractivity contribution in [1.29, 1.82) is 0 Å². The molecule has 0 heterocycles. The Balaban J connectivity index is 1.89. The number of hydrogen-bond donors (Lipinski definition) is 1. The molecule has 37 heavy (non-hydrogen) atoms. The van der Waals surface area contributed by atoms with E-state index in [4.69, 9.17) is 9.47 Å². The first kappa shape index (κ1) is 27.7. The zero-order valence-electron chi connectivity index (χ0n) is 22.0. The molecule has 0 aromatic heterocycles. The Morgan fingerprint density at radius 3 is 2.14 bits per heavy atom. The van der Waals surface area contributed by atoms with Gasteiger partial charge >= 0.3 is 0 Å². The Labute approximate surface area is 219 Å². The molecule has 3 aromatic rings. The third-order valence-electron chi connectivity index (χ3n) is 5.73. The highest BCUT2D eigenvalue weighted by molar-refractivity contribution is 7.92. The number of methoxy groups -OCH3 is 2. The van der Waals surface area contributed by atoms with Crippen molar-refractivity contribution in [1.82, 2.24) is 5.43 Å². The summed E-state index contributed by atoms with van der Waals surface area (Å²) in [6.45, 7) is 7.49. The summed E-state index contributed by atoms with van der Waals surface area (Å²) in [5, 5.41) is 4.02. The number of nitrogens with zero attached hydrogens (tertiary/aromatic N) is 2. The molecule has 0 aliphatic rings. The third-order valence-corrected chi connectivity index (χ3v) is 7.50. The van der Waals surface area contributed by atoms with Crippen molar-refractivity contribution in [3.8, 4) is 11.5 Å². The summed E-state index contributed by atoms with van der Waals surface area (Å²) >= 11 is 0. The number of carbonyl (C=O) groups is 1. The first-order valence-electron chi connectivity index (χ1n) is 11.8. The zero-order chi connectivity index (χ0) is 27.2. The van der Waals surface area contributed by atoms with Gasteiger partial charge < -0.3 is 9.47 Å². The molecule has 196 valence electrons. The Hall–Kier alpha value is -3.85. The van der Waals surface area contributed by atoms with Crippen LogP contribution in [0.2, 0.25) is 0 Å². The number of aryl methyl sites for hydroxylation is 2. The van der Waals surface area contributed by atoms with Gasteiger partial charge in [0.05, 0.1) is 31.0 Å². The highest BCUT2D eigenvalue weighted by Gasteiger charge is 2.28.